The Morgan fingerprint density at radius 3 is 2.68 bits per heavy atom. The molecule has 3 rings (SSSR count). The van der Waals surface area contributed by atoms with E-state index in [1.165, 1.54) is 6.07 Å². The van der Waals surface area contributed by atoms with Gasteiger partial charge in [-0.2, -0.15) is 0 Å². The third-order valence-corrected chi connectivity index (χ3v) is 4.25. The van der Waals surface area contributed by atoms with E-state index >= 15 is 0 Å². The third kappa shape index (κ3) is 3.99. The maximum absolute atomic E-state index is 14.5. The molecule has 25 heavy (non-hydrogen) atoms. The Kier molecular flexibility index (Phi) is 5.03. The molecule has 2 atom stereocenters. The van der Waals surface area contributed by atoms with Gasteiger partial charge in [-0.1, -0.05) is 6.07 Å². The molecule has 1 saturated heterocycles. The molecule has 7 heteroatoms. The molecule has 2 heterocycles. The van der Waals surface area contributed by atoms with Gasteiger partial charge in [-0.05, 0) is 31.5 Å². The summed E-state index contributed by atoms with van der Waals surface area (Å²) in [4.78, 5) is 18.1. The number of carbonyl (C=O) groups excluding carboxylic acids is 1. The first-order valence-corrected chi connectivity index (χ1v) is 8.38. The van der Waals surface area contributed by atoms with Gasteiger partial charge in [0.25, 0.3) is 5.91 Å². The molecule has 1 aliphatic heterocycles. The molecule has 1 N–H and O–H groups in total. The van der Waals surface area contributed by atoms with Crippen LogP contribution in [0.5, 0.6) is 0 Å². The first kappa shape index (κ1) is 17.4. The summed E-state index contributed by atoms with van der Waals surface area (Å²) < 4.78 is 21.9. The second-order valence-corrected chi connectivity index (χ2v) is 6.49. The number of benzene rings is 1. The first-order valence-electron chi connectivity index (χ1n) is 8.38. The summed E-state index contributed by atoms with van der Waals surface area (Å²) in [5, 5.41) is 2.76. The maximum Gasteiger partial charge on any atom is 0.287 e. The van der Waals surface area contributed by atoms with Gasteiger partial charge in [0.15, 0.2) is 5.82 Å². The fourth-order valence-corrected chi connectivity index (χ4v) is 3.14. The number of nitrogens with zero attached hydrogens (tertiary/aromatic N) is 3. The Hall–Kier alpha value is -2.41. The van der Waals surface area contributed by atoms with Crippen molar-refractivity contribution in [3.63, 3.8) is 0 Å². The van der Waals surface area contributed by atoms with Crippen LogP contribution < -0.4 is 10.2 Å². The van der Waals surface area contributed by atoms with Crippen molar-refractivity contribution < 1.29 is 13.9 Å². The van der Waals surface area contributed by atoms with Gasteiger partial charge in [-0.15, -0.1) is 0 Å². The van der Waals surface area contributed by atoms with Crippen LogP contribution in [-0.2, 0) is 18.3 Å². The number of hydrogen-bond donors (Lipinski definition) is 1. The van der Waals surface area contributed by atoms with Crippen LogP contribution in [0, 0.1) is 5.82 Å². The highest BCUT2D eigenvalue weighted by Gasteiger charge is 2.24. The minimum Gasteiger partial charge on any atom is -0.372 e. The SMILES string of the molecule is CC1CN(c2ccc(CNC(=O)c3nccn3C)cc2F)CC(C)O1. The summed E-state index contributed by atoms with van der Waals surface area (Å²) in [7, 11) is 1.75. The summed E-state index contributed by atoms with van der Waals surface area (Å²) in [6.07, 6.45) is 3.40. The van der Waals surface area contributed by atoms with Gasteiger partial charge in [-0.3, -0.25) is 4.79 Å². The third-order valence-electron chi connectivity index (χ3n) is 4.25. The standard InChI is InChI=1S/C18H23FN4O2/c1-12-10-23(11-13(2)25-12)16-5-4-14(8-15(16)19)9-21-18(24)17-20-6-7-22(17)3/h4-8,12-13H,9-11H2,1-3H3,(H,21,24). The number of halogens is 1. The number of imidazole rings is 1. The van der Waals surface area contributed by atoms with E-state index in [1.54, 1.807) is 30.1 Å². The molecular weight excluding hydrogens is 323 g/mol. The average molecular weight is 346 g/mol. The fraction of sp³-hybridized carbons (Fsp3) is 0.444. The van der Waals surface area contributed by atoms with Crippen LogP contribution in [0.4, 0.5) is 10.1 Å². The molecule has 134 valence electrons. The molecule has 1 aromatic carbocycles. The summed E-state index contributed by atoms with van der Waals surface area (Å²) in [6.45, 7) is 5.55. The molecule has 1 aromatic heterocycles. The monoisotopic (exact) mass is 346 g/mol. The van der Waals surface area contributed by atoms with E-state index in [2.05, 4.69) is 10.3 Å². The van der Waals surface area contributed by atoms with Crippen molar-refractivity contribution in [3.8, 4) is 0 Å². The zero-order valence-electron chi connectivity index (χ0n) is 14.7. The Morgan fingerprint density at radius 2 is 2.08 bits per heavy atom. The number of carbonyl (C=O) groups is 1. The van der Waals surface area contributed by atoms with E-state index in [1.807, 2.05) is 24.8 Å². The number of nitrogens with one attached hydrogen (secondary N) is 1. The largest absolute Gasteiger partial charge is 0.372 e. The second-order valence-electron chi connectivity index (χ2n) is 6.49. The Bertz CT molecular complexity index is 751. The predicted molar refractivity (Wildman–Crippen MR) is 93.0 cm³/mol. The van der Waals surface area contributed by atoms with Crippen LogP contribution in [0.15, 0.2) is 30.6 Å². The number of ether oxygens (including phenoxy) is 1. The van der Waals surface area contributed by atoms with Crippen molar-refractivity contribution in [2.45, 2.75) is 32.6 Å². The number of hydrogen-bond acceptors (Lipinski definition) is 4. The normalized spacial score (nSPS) is 20.6. The Balaban J connectivity index is 1.66. The van der Waals surface area contributed by atoms with Crippen LogP contribution in [-0.4, -0.2) is 40.8 Å². The summed E-state index contributed by atoms with van der Waals surface area (Å²) in [5.41, 5.74) is 1.28. The van der Waals surface area contributed by atoms with Gasteiger partial charge in [-0.25, -0.2) is 9.37 Å². The molecule has 0 spiro atoms. The lowest BCUT2D eigenvalue weighted by molar-refractivity contribution is -0.00539. The molecule has 6 nitrogen and oxygen atoms in total. The highest BCUT2D eigenvalue weighted by atomic mass is 19.1. The van der Waals surface area contributed by atoms with Crippen molar-refractivity contribution in [2.24, 2.45) is 7.05 Å². The molecule has 0 aliphatic carbocycles. The lowest BCUT2D eigenvalue weighted by atomic mass is 10.1. The lowest BCUT2D eigenvalue weighted by Gasteiger charge is -2.37. The highest BCUT2D eigenvalue weighted by molar-refractivity contribution is 5.90. The minimum absolute atomic E-state index is 0.0694. The predicted octanol–water partition coefficient (Wildman–Crippen LogP) is 2.10. The average Bonchev–Trinajstić information content (AvgIpc) is 2.98. The van der Waals surface area contributed by atoms with Gasteiger partial charge >= 0.3 is 0 Å². The topological polar surface area (TPSA) is 59.4 Å². The quantitative estimate of drug-likeness (QED) is 0.921. The Labute approximate surface area is 146 Å². The number of amides is 1. The molecule has 1 amide bonds. The number of morpholine rings is 1. The van der Waals surface area contributed by atoms with Gasteiger partial charge in [0.1, 0.15) is 5.82 Å². The van der Waals surface area contributed by atoms with Crippen LogP contribution in [0.25, 0.3) is 0 Å². The number of anilines is 1. The van der Waals surface area contributed by atoms with Crippen LogP contribution >= 0.6 is 0 Å². The molecule has 2 unspecified atom stereocenters. The molecule has 2 aromatic rings. The van der Waals surface area contributed by atoms with Gasteiger partial charge in [0.2, 0.25) is 0 Å². The van der Waals surface area contributed by atoms with Crippen LogP contribution in [0.1, 0.15) is 30.0 Å². The zero-order valence-corrected chi connectivity index (χ0v) is 14.7. The molecule has 0 saturated carbocycles. The van der Waals surface area contributed by atoms with Crippen LogP contribution in [0.2, 0.25) is 0 Å². The van der Waals surface area contributed by atoms with E-state index in [0.717, 1.165) is 0 Å². The van der Waals surface area contributed by atoms with Crippen molar-refractivity contribution in [3.05, 3.63) is 47.8 Å². The summed E-state index contributed by atoms with van der Waals surface area (Å²) in [5.74, 6) is -0.244. The lowest BCUT2D eigenvalue weighted by Crippen LogP contribution is -2.45. The molecular formula is C18H23FN4O2. The summed E-state index contributed by atoms with van der Waals surface area (Å²) in [6, 6.07) is 5.07. The number of aryl methyl sites for hydroxylation is 1. The number of aromatic nitrogens is 2. The smallest absolute Gasteiger partial charge is 0.287 e. The van der Waals surface area contributed by atoms with Crippen LogP contribution in [0.3, 0.4) is 0 Å². The number of rotatable bonds is 4. The first-order chi connectivity index (χ1) is 11.9. The fourth-order valence-electron chi connectivity index (χ4n) is 3.14. The van der Waals surface area contributed by atoms with Crippen molar-refractivity contribution in [1.82, 2.24) is 14.9 Å². The summed E-state index contributed by atoms with van der Waals surface area (Å²) >= 11 is 0. The highest BCUT2D eigenvalue weighted by Crippen LogP contribution is 2.24. The van der Waals surface area contributed by atoms with E-state index in [9.17, 15) is 9.18 Å². The van der Waals surface area contributed by atoms with E-state index in [4.69, 9.17) is 4.74 Å². The molecule has 1 fully saturated rings. The maximum atomic E-state index is 14.5. The Morgan fingerprint density at radius 1 is 1.36 bits per heavy atom. The molecule has 0 radical (unpaired) electrons. The van der Waals surface area contributed by atoms with Gasteiger partial charge < -0.3 is 19.5 Å². The second kappa shape index (κ2) is 7.23. The van der Waals surface area contributed by atoms with E-state index in [0.29, 0.717) is 30.2 Å². The van der Waals surface area contributed by atoms with Gasteiger partial charge in [0.05, 0.1) is 17.9 Å². The van der Waals surface area contributed by atoms with Crippen molar-refractivity contribution in [1.29, 1.82) is 0 Å². The van der Waals surface area contributed by atoms with E-state index < -0.39 is 0 Å². The van der Waals surface area contributed by atoms with E-state index in [-0.39, 0.29) is 30.5 Å². The van der Waals surface area contributed by atoms with Crippen molar-refractivity contribution >= 4 is 11.6 Å². The zero-order chi connectivity index (χ0) is 18.0. The minimum atomic E-state index is -0.287. The molecule has 1 aliphatic rings. The van der Waals surface area contributed by atoms with Gasteiger partial charge in [0, 0.05) is 39.1 Å². The van der Waals surface area contributed by atoms with Crippen molar-refractivity contribution in [2.75, 3.05) is 18.0 Å². The molecule has 0 bridgehead atoms.